The molecule has 3 aromatic rings. The van der Waals surface area contributed by atoms with Gasteiger partial charge < -0.3 is 0 Å². The van der Waals surface area contributed by atoms with E-state index in [1.165, 1.54) is 18.3 Å². The Hall–Kier alpha value is -3.61. The average molecular weight is 347 g/mol. The van der Waals surface area contributed by atoms with Crippen molar-refractivity contribution in [1.29, 1.82) is 0 Å². The molecule has 1 aromatic heterocycles. The number of hydrazone groups is 1. The number of rotatable bonds is 5. The van der Waals surface area contributed by atoms with Crippen molar-refractivity contribution < 1.29 is 4.92 Å². The summed E-state index contributed by atoms with van der Waals surface area (Å²) in [6.45, 7) is 3.83. The van der Waals surface area contributed by atoms with E-state index in [-0.39, 0.29) is 5.69 Å². The van der Waals surface area contributed by atoms with E-state index in [0.29, 0.717) is 17.2 Å². The highest BCUT2D eigenvalue weighted by molar-refractivity contribution is 5.81. The summed E-state index contributed by atoms with van der Waals surface area (Å²) in [5.74, 6) is 1.21. The summed E-state index contributed by atoms with van der Waals surface area (Å²) in [5.41, 5.74) is 6.22. The molecule has 1 heterocycles. The van der Waals surface area contributed by atoms with Crippen molar-refractivity contribution in [3.63, 3.8) is 0 Å². The lowest BCUT2D eigenvalue weighted by Gasteiger charge is -2.09. The molecule has 0 saturated heterocycles. The predicted octanol–water partition coefficient (Wildman–Crippen LogP) is 4.11. The average Bonchev–Trinajstić information content (AvgIpc) is 2.66. The van der Waals surface area contributed by atoms with E-state index in [2.05, 4.69) is 20.5 Å². The largest absolute Gasteiger partial charge is 0.270 e. The minimum absolute atomic E-state index is 0.0226. The van der Waals surface area contributed by atoms with Gasteiger partial charge >= 0.3 is 0 Å². The quantitative estimate of drug-likeness (QED) is 0.426. The lowest BCUT2D eigenvalue weighted by Crippen LogP contribution is -2.03. The monoisotopic (exact) mass is 347 g/mol. The third-order valence-corrected chi connectivity index (χ3v) is 3.89. The topological polar surface area (TPSA) is 93.3 Å². The lowest BCUT2D eigenvalue weighted by molar-refractivity contribution is -0.384. The van der Waals surface area contributed by atoms with Crippen LogP contribution in [0.15, 0.2) is 59.7 Å². The number of benzene rings is 2. The summed E-state index contributed by atoms with van der Waals surface area (Å²) in [5, 5.41) is 15.0. The van der Waals surface area contributed by atoms with Crippen molar-refractivity contribution in [3.05, 3.63) is 81.5 Å². The summed E-state index contributed by atoms with van der Waals surface area (Å²) >= 11 is 0. The van der Waals surface area contributed by atoms with Gasteiger partial charge in [-0.2, -0.15) is 5.10 Å². The number of aryl methyl sites for hydroxylation is 1. The van der Waals surface area contributed by atoms with Crippen LogP contribution in [0.5, 0.6) is 0 Å². The maximum Gasteiger partial charge on any atom is 0.270 e. The van der Waals surface area contributed by atoms with E-state index in [1.54, 1.807) is 12.1 Å². The fourth-order valence-electron chi connectivity index (χ4n) is 2.34. The molecule has 0 unspecified atom stereocenters. The molecule has 0 amide bonds. The van der Waals surface area contributed by atoms with Gasteiger partial charge in [-0.05, 0) is 13.8 Å². The SMILES string of the molecule is Cc1nc(-c2ccccc2)nc(NN=Cc2cccc([N+](=O)[O-])c2)c1C. The molecule has 3 rings (SSSR count). The second-order valence-electron chi connectivity index (χ2n) is 5.69. The maximum atomic E-state index is 10.8. The normalized spacial score (nSPS) is 10.8. The van der Waals surface area contributed by atoms with Gasteiger partial charge in [0.15, 0.2) is 11.6 Å². The van der Waals surface area contributed by atoms with E-state index in [0.717, 1.165) is 16.8 Å². The second kappa shape index (κ2) is 7.52. The summed E-state index contributed by atoms with van der Waals surface area (Å²) in [7, 11) is 0. The van der Waals surface area contributed by atoms with E-state index in [1.807, 2.05) is 44.2 Å². The van der Waals surface area contributed by atoms with Gasteiger partial charge in [-0.25, -0.2) is 9.97 Å². The first-order valence-electron chi connectivity index (χ1n) is 7.99. The molecule has 7 nitrogen and oxygen atoms in total. The molecule has 7 heteroatoms. The summed E-state index contributed by atoms with van der Waals surface area (Å²) in [6.07, 6.45) is 1.52. The van der Waals surface area contributed by atoms with Crippen molar-refractivity contribution >= 4 is 17.7 Å². The zero-order valence-corrected chi connectivity index (χ0v) is 14.4. The van der Waals surface area contributed by atoms with Crippen molar-refractivity contribution in [2.24, 2.45) is 5.10 Å². The van der Waals surface area contributed by atoms with Crippen molar-refractivity contribution in [2.75, 3.05) is 5.43 Å². The number of nitrogens with zero attached hydrogens (tertiary/aromatic N) is 4. The first-order valence-corrected chi connectivity index (χ1v) is 7.99. The number of nitrogens with one attached hydrogen (secondary N) is 1. The Morgan fingerprint density at radius 2 is 1.85 bits per heavy atom. The molecule has 0 saturated carbocycles. The van der Waals surface area contributed by atoms with Gasteiger partial charge in [-0.3, -0.25) is 15.5 Å². The highest BCUT2D eigenvalue weighted by atomic mass is 16.6. The Morgan fingerprint density at radius 3 is 2.58 bits per heavy atom. The third kappa shape index (κ3) is 3.89. The molecule has 0 fully saturated rings. The molecule has 0 aliphatic rings. The zero-order chi connectivity index (χ0) is 18.5. The molecule has 2 aromatic carbocycles. The highest BCUT2D eigenvalue weighted by Crippen LogP contribution is 2.21. The second-order valence-corrected chi connectivity index (χ2v) is 5.69. The zero-order valence-electron chi connectivity index (χ0n) is 14.4. The van der Waals surface area contributed by atoms with Crippen LogP contribution in [-0.4, -0.2) is 21.1 Å². The van der Waals surface area contributed by atoms with Crippen LogP contribution in [0.4, 0.5) is 11.5 Å². The number of nitro groups is 1. The maximum absolute atomic E-state index is 10.8. The number of nitro benzene ring substituents is 1. The molecule has 26 heavy (non-hydrogen) atoms. The molecule has 130 valence electrons. The van der Waals surface area contributed by atoms with E-state index < -0.39 is 4.92 Å². The summed E-state index contributed by atoms with van der Waals surface area (Å²) in [6, 6.07) is 15.9. The van der Waals surface area contributed by atoms with Crippen LogP contribution in [0.3, 0.4) is 0 Å². The van der Waals surface area contributed by atoms with Gasteiger partial charge in [0, 0.05) is 34.5 Å². The molecule has 0 atom stereocenters. The van der Waals surface area contributed by atoms with Crippen LogP contribution in [0, 0.1) is 24.0 Å². The first kappa shape index (κ1) is 17.2. The Kier molecular flexibility index (Phi) is 4.98. The molecule has 0 aliphatic heterocycles. The summed E-state index contributed by atoms with van der Waals surface area (Å²) < 4.78 is 0. The highest BCUT2D eigenvalue weighted by Gasteiger charge is 2.09. The summed E-state index contributed by atoms with van der Waals surface area (Å²) in [4.78, 5) is 19.5. The fraction of sp³-hybridized carbons (Fsp3) is 0.105. The number of aromatic nitrogens is 2. The standard InChI is InChI=1S/C19H17N5O2/c1-13-14(2)21-19(16-8-4-3-5-9-16)22-18(13)23-20-12-15-7-6-10-17(11-15)24(25)26/h3-12H,1-2H3,(H,21,22,23). The Balaban J connectivity index is 1.85. The molecular formula is C19H17N5O2. The number of non-ortho nitro benzene ring substituents is 1. The van der Waals surface area contributed by atoms with Crippen molar-refractivity contribution in [1.82, 2.24) is 9.97 Å². The lowest BCUT2D eigenvalue weighted by atomic mass is 10.2. The third-order valence-electron chi connectivity index (χ3n) is 3.89. The van der Waals surface area contributed by atoms with Crippen molar-refractivity contribution in [2.45, 2.75) is 13.8 Å². The van der Waals surface area contributed by atoms with Gasteiger partial charge in [0.25, 0.3) is 5.69 Å². The molecule has 0 bridgehead atoms. The van der Waals surface area contributed by atoms with Gasteiger partial charge in [0.05, 0.1) is 11.1 Å². The fourth-order valence-corrected chi connectivity index (χ4v) is 2.34. The Morgan fingerprint density at radius 1 is 1.08 bits per heavy atom. The van der Waals surface area contributed by atoms with Gasteiger partial charge in [0.1, 0.15) is 0 Å². The minimum atomic E-state index is -0.436. The molecule has 1 N–H and O–H groups in total. The van der Waals surface area contributed by atoms with Crippen molar-refractivity contribution in [3.8, 4) is 11.4 Å². The predicted molar refractivity (Wildman–Crippen MR) is 101 cm³/mol. The van der Waals surface area contributed by atoms with E-state index in [9.17, 15) is 10.1 Å². The van der Waals surface area contributed by atoms with Crippen LogP contribution in [0.25, 0.3) is 11.4 Å². The van der Waals surface area contributed by atoms with Crippen LogP contribution < -0.4 is 5.43 Å². The number of hydrogen-bond acceptors (Lipinski definition) is 6. The molecular weight excluding hydrogens is 330 g/mol. The smallest absolute Gasteiger partial charge is 0.261 e. The van der Waals surface area contributed by atoms with Crippen LogP contribution in [-0.2, 0) is 0 Å². The van der Waals surface area contributed by atoms with Crippen LogP contribution in [0.2, 0.25) is 0 Å². The van der Waals surface area contributed by atoms with E-state index >= 15 is 0 Å². The minimum Gasteiger partial charge on any atom is -0.261 e. The van der Waals surface area contributed by atoms with Gasteiger partial charge in [-0.1, -0.05) is 42.5 Å². The molecule has 0 spiro atoms. The molecule has 0 radical (unpaired) electrons. The van der Waals surface area contributed by atoms with Gasteiger partial charge in [0.2, 0.25) is 0 Å². The first-order chi connectivity index (χ1) is 12.5. The number of anilines is 1. The van der Waals surface area contributed by atoms with E-state index in [4.69, 9.17) is 0 Å². The Bertz CT molecular complexity index is 971. The van der Waals surface area contributed by atoms with Gasteiger partial charge in [-0.15, -0.1) is 0 Å². The van der Waals surface area contributed by atoms with Crippen LogP contribution >= 0.6 is 0 Å². The number of hydrogen-bond donors (Lipinski definition) is 1. The molecule has 0 aliphatic carbocycles. The Labute approximate surface area is 150 Å². The van der Waals surface area contributed by atoms with Crippen LogP contribution in [0.1, 0.15) is 16.8 Å².